The molecule has 1 N–H and O–H groups in total. The van der Waals surface area contributed by atoms with Gasteiger partial charge in [-0.1, -0.05) is 0 Å². The number of hydrogen-bond acceptors (Lipinski definition) is 4. The number of rotatable bonds is 3. The van der Waals surface area contributed by atoms with E-state index >= 15 is 0 Å². The van der Waals surface area contributed by atoms with Gasteiger partial charge < -0.3 is 10.2 Å². The van der Waals surface area contributed by atoms with Gasteiger partial charge in [0.25, 0.3) is 5.91 Å². The second kappa shape index (κ2) is 5.68. The summed E-state index contributed by atoms with van der Waals surface area (Å²) >= 11 is 0. The van der Waals surface area contributed by atoms with Gasteiger partial charge in [0.05, 0.1) is 17.5 Å². The molecule has 6 heteroatoms. The second-order valence-electron chi connectivity index (χ2n) is 6.28. The molecule has 0 bridgehead atoms. The topological polar surface area (TPSA) is 63.1 Å². The molecule has 1 aliphatic rings. The zero-order chi connectivity index (χ0) is 15.9. The third-order valence-corrected chi connectivity index (χ3v) is 4.38. The Morgan fingerprint density at radius 3 is 2.91 bits per heavy atom. The predicted octanol–water partition coefficient (Wildman–Crippen LogP) is 1.75. The van der Waals surface area contributed by atoms with Crippen molar-refractivity contribution < 1.29 is 4.79 Å². The molecular formula is C16H23N5O. The molecule has 1 unspecified atom stereocenters. The summed E-state index contributed by atoms with van der Waals surface area (Å²) in [6, 6.07) is 2.43. The average Bonchev–Trinajstić information content (AvgIpc) is 3.13. The zero-order valence-corrected chi connectivity index (χ0v) is 13.6. The molecule has 1 fully saturated rings. The first kappa shape index (κ1) is 15.0. The predicted molar refractivity (Wildman–Crippen MR) is 86.0 cm³/mol. The largest absolute Gasteiger partial charge is 0.337 e. The van der Waals surface area contributed by atoms with E-state index in [9.17, 15) is 4.79 Å². The van der Waals surface area contributed by atoms with Crippen LogP contribution in [0, 0.1) is 6.92 Å². The Hall–Kier alpha value is -1.95. The van der Waals surface area contributed by atoms with Crippen molar-refractivity contribution in [2.24, 2.45) is 0 Å². The molecule has 1 amide bonds. The van der Waals surface area contributed by atoms with E-state index in [1.165, 1.54) is 0 Å². The quantitative estimate of drug-likeness (QED) is 0.938. The van der Waals surface area contributed by atoms with Gasteiger partial charge in [-0.3, -0.25) is 4.79 Å². The monoisotopic (exact) mass is 301 g/mol. The maximum Gasteiger partial charge on any atom is 0.255 e. The summed E-state index contributed by atoms with van der Waals surface area (Å²) in [4.78, 5) is 19.2. The molecule has 1 atom stereocenters. The third-order valence-electron chi connectivity index (χ3n) is 4.38. The molecule has 6 nitrogen and oxygen atoms in total. The van der Waals surface area contributed by atoms with Gasteiger partial charge in [0, 0.05) is 31.1 Å². The highest BCUT2D eigenvalue weighted by Gasteiger charge is 2.26. The summed E-state index contributed by atoms with van der Waals surface area (Å²) in [6.45, 7) is 7.87. The van der Waals surface area contributed by atoms with E-state index < -0.39 is 0 Å². The Kier molecular flexibility index (Phi) is 3.87. The molecule has 0 saturated carbocycles. The number of pyridine rings is 1. The Bertz CT molecular complexity index is 700. The minimum Gasteiger partial charge on any atom is -0.337 e. The number of nitrogens with one attached hydrogen (secondary N) is 1. The van der Waals surface area contributed by atoms with Crippen LogP contribution < -0.4 is 5.32 Å². The van der Waals surface area contributed by atoms with Crippen LogP contribution in [-0.2, 0) is 0 Å². The van der Waals surface area contributed by atoms with Gasteiger partial charge in [0.15, 0.2) is 5.65 Å². The fourth-order valence-corrected chi connectivity index (χ4v) is 2.99. The normalized spacial score (nSPS) is 18.3. The van der Waals surface area contributed by atoms with Crippen LogP contribution >= 0.6 is 0 Å². The number of nitrogens with zero attached hydrogens (tertiary/aromatic N) is 4. The van der Waals surface area contributed by atoms with Gasteiger partial charge in [0.1, 0.15) is 0 Å². The fourth-order valence-electron chi connectivity index (χ4n) is 2.99. The lowest BCUT2D eigenvalue weighted by Crippen LogP contribution is -2.38. The van der Waals surface area contributed by atoms with Crippen molar-refractivity contribution in [1.29, 1.82) is 0 Å². The maximum absolute atomic E-state index is 12.8. The van der Waals surface area contributed by atoms with Crippen molar-refractivity contribution in [2.45, 2.75) is 39.3 Å². The molecule has 2 aromatic heterocycles. The number of hydrogen-bond donors (Lipinski definition) is 1. The van der Waals surface area contributed by atoms with Crippen molar-refractivity contribution in [3.63, 3.8) is 0 Å². The van der Waals surface area contributed by atoms with E-state index in [2.05, 4.69) is 29.2 Å². The Labute approximate surface area is 130 Å². The fraction of sp³-hybridized carbons (Fsp3) is 0.562. The first-order valence-electron chi connectivity index (χ1n) is 7.81. The van der Waals surface area contributed by atoms with Crippen LogP contribution in [0.5, 0.6) is 0 Å². The summed E-state index contributed by atoms with van der Waals surface area (Å²) in [5.41, 5.74) is 2.28. The number of amides is 1. The standard InChI is InChI=1S/C16H23N5O/c1-10(2)21-15-12(8-18-21)7-14(11(3)19-15)16(22)20(4)13-5-6-17-9-13/h7-8,10,13,17H,5-6,9H2,1-4H3. The molecule has 0 aliphatic carbocycles. The summed E-state index contributed by atoms with van der Waals surface area (Å²) in [5.74, 6) is 0.0397. The minimum atomic E-state index is 0.0397. The molecule has 3 heterocycles. The number of aryl methyl sites for hydroxylation is 1. The van der Waals surface area contributed by atoms with Crippen molar-refractivity contribution in [3.05, 3.63) is 23.5 Å². The van der Waals surface area contributed by atoms with Gasteiger partial charge in [-0.05, 0) is 39.8 Å². The molecule has 0 aromatic carbocycles. The molecule has 2 aromatic rings. The molecule has 22 heavy (non-hydrogen) atoms. The zero-order valence-electron chi connectivity index (χ0n) is 13.6. The lowest BCUT2D eigenvalue weighted by molar-refractivity contribution is 0.0743. The van der Waals surface area contributed by atoms with Crippen LogP contribution in [0.25, 0.3) is 11.0 Å². The average molecular weight is 301 g/mol. The lowest BCUT2D eigenvalue weighted by Gasteiger charge is -2.24. The Balaban J connectivity index is 1.96. The maximum atomic E-state index is 12.8. The van der Waals surface area contributed by atoms with Crippen molar-refractivity contribution >= 4 is 16.9 Å². The molecule has 1 saturated heterocycles. The molecule has 118 valence electrons. The van der Waals surface area contributed by atoms with Gasteiger partial charge in [-0.25, -0.2) is 9.67 Å². The highest BCUT2D eigenvalue weighted by Crippen LogP contribution is 2.21. The highest BCUT2D eigenvalue weighted by molar-refractivity contribution is 5.98. The summed E-state index contributed by atoms with van der Waals surface area (Å²) < 4.78 is 1.89. The van der Waals surface area contributed by atoms with Crippen LogP contribution in [0.1, 0.15) is 42.4 Å². The Morgan fingerprint density at radius 2 is 2.27 bits per heavy atom. The van der Waals surface area contributed by atoms with Gasteiger partial charge in [-0.15, -0.1) is 0 Å². The van der Waals surface area contributed by atoms with E-state index in [-0.39, 0.29) is 18.0 Å². The van der Waals surface area contributed by atoms with Crippen molar-refractivity contribution in [3.8, 4) is 0 Å². The van der Waals surface area contributed by atoms with E-state index in [4.69, 9.17) is 0 Å². The first-order valence-corrected chi connectivity index (χ1v) is 7.81. The number of carbonyl (C=O) groups excluding carboxylic acids is 1. The smallest absolute Gasteiger partial charge is 0.255 e. The number of fused-ring (bicyclic) bond motifs is 1. The van der Waals surface area contributed by atoms with Crippen LogP contribution in [0.2, 0.25) is 0 Å². The van der Waals surface area contributed by atoms with Gasteiger partial charge in [-0.2, -0.15) is 5.10 Å². The van der Waals surface area contributed by atoms with Crippen LogP contribution in [0.15, 0.2) is 12.3 Å². The van der Waals surface area contributed by atoms with Crippen molar-refractivity contribution in [2.75, 3.05) is 20.1 Å². The molecule has 0 spiro atoms. The summed E-state index contributed by atoms with van der Waals surface area (Å²) in [6.07, 6.45) is 2.79. The number of aromatic nitrogens is 3. The molecule has 1 aliphatic heterocycles. The van der Waals surface area contributed by atoms with E-state index in [0.29, 0.717) is 5.56 Å². The third kappa shape index (κ3) is 2.47. The Morgan fingerprint density at radius 1 is 1.50 bits per heavy atom. The van der Waals surface area contributed by atoms with Crippen LogP contribution in [-0.4, -0.2) is 51.8 Å². The van der Waals surface area contributed by atoms with E-state index in [1.807, 2.05) is 29.6 Å². The molecule has 3 rings (SSSR count). The number of carbonyl (C=O) groups is 1. The number of likely N-dealkylation sites (N-methyl/N-ethyl adjacent to an activating group) is 1. The lowest BCUT2D eigenvalue weighted by atomic mass is 10.1. The van der Waals surface area contributed by atoms with Crippen LogP contribution in [0.4, 0.5) is 0 Å². The SMILES string of the molecule is Cc1nc2c(cnn2C(C)C)cc1C(=O)N(C)C1CCNC1. The second-order valence-corrected chi connectivity index (χ2v) is 6.28. The molecule has 0 radical (unpaired) electrons. The van der Waals surface area contributed by atoms with Crippen LogP contribution in [0.3, 0.4) is 0 Å². The summed E-state index contributed by atoms with van der Waals surface area (Å²) in [7, 11) is 1.88. The van der Waals surface area contributed by atoms with Crippen molar-refractivity contribution in [1.82, 2.24) is 25.0 Å². The first-order chi connectivity index (χ1) is 10.5. The molecular weight excluding hydrogens is 278 g/mol. The van der Waals surface area contributed by atoms with E-state index in [1.54, 1.807) is 6.20 Å². The van der Waals surface area contributed by atoms with E-state index in [0.717, 1.165) is 36.2 Å². The summed E-state index contributed by atoms with van der Waals surface area (Å²) in [5, 5.41) is 8.59. The highest BCUT2D eigenvalue weighted by atomic mass is 16.2. The minimum absolute atomic E-state index is 0.0397. The van der Waals surface area contributed by atoms with Gasteiger partial charge >= 0.3 is 0 Å². The van der Waals surface area contributed by atoms with Gasteiger partial charge in [0.2, 0.25) is 0 Å².